The number of hydrogen-bond acceptors (Lipinski definition) is 2. The van der Waals surface area contributed by atoms with Crippen molar-refractivity contribution in [3.05, 3.63) is 17.0 Å². The third-order valence-corrected chi connectivity index (χ3v) is 1.45. The molecule has 2 nitrogen and oxygen atoms in total. The average molecular weight is 170 g/mol. The molecule has 1 rings (SSSR count). The molecule has 58 valence electrons. The molecule has 0 saturated carbocycles. The molecule has 1 aromatic rings. The van der Waals surface area contributed by atoms with Crippen molar-refractivity contribution >= 4 is 11.6 Å². The molecule has 0 N–H and O–H groups in total. The van der Waals surface area contributed by atoms with Crippen molar-refractivity contribution in [2.24, 2.45) is 0 Å². The van der Waals surface area contributed by atoms with Gasteiger partial charge in [-0.15, -0.1) is 11.6 Å². The zero-order chi connectivity index (χ0) is 8.27. The van der Waals surface area contributed by atoms with Crippen molar-refractivity contribution in [1.29, 1.82) is 0 Å². The predicted octanol–water partition coefficient (Wildman–Crippen LogP) is 1.88. The Labute approximate surface area is 70.5 Å². The van der Waals surface area contributed by atoms with Gasteiger partial charge in [-0.25, -0.2) is 0 Å². The second kappa shape index (κ2) is 3.45. The minimum atomic E-state index is 0.337. The lowest BCUT2D eigenvalue weighted by Gasteiger charge is -1.82. The predicted molar refractivity (Wildman–Crippen MR) is 43.6 cm³/mol. The van der Waals surface area contributed by atoms with Crippen LogP contribution in [0.4, 0.5) is 0 Å². The SMILES string of the molecule is Cc1noc(C)c1C#CCCl. The Hall–Kier alpha value is -0.940. The summed E-state index contributed by atoms with van der Waals surface area (Å²) >= 11 is 5.40. The fraction of sp³-hybridized carbons (Fsp3) is 0.375. The van der Waals surface area contributed by atoms with E-state index in [2.05, 4.69) is 17.0 Å². The van der Waals surface area contributed by atoms with Gasteiger partial charge in [-0.1, -0.05) is 17.0 Å². The fourth-order valence-electron chi connectivity index (χ4n) is 0.783. The zero-order valence-corrected chi connectivity index (χ0v) is 7.20. The van der Waals surface area contributed by atoms with Gasteiger partial charge in [0.15, 0.2) is 0 Å². The van der Waals surface area contributed by atoms with E-state index in [1.54, 1.807) is 0 Å². The third-order valence-electron chi connectivity index (χ3n) is 1.31. The van der Waals surface area contributed by atoms with Gasteiger partial charge in [0.05, 0.1) is 17.1 Å². The fourth-order valence-corrected chi connectivity index (χ4v) is 0.850. The second-order valence-electron chi connectivity index (χ2n) is 2.13. The van der Waals surface area contributed by atoms with E-state index in [4.69, 9.17) is 16.1 Å². The van der Waals surface area contributed by atoms with E-state index >= 15 is 0 Å². The van der Waals surface area contributed by atoms with Crippen LogP contribution in [0.15, 0.2) is 4.52 Å². The van der Waals surface area contributed by atoms with Crippen LogP contribution in [0.5, 0.6) is 0 Å². The number of nitrogens with zero attached hydrogens (tertiary/aromatic N) is 1. The highest BCUT2D eigenvalue weighted by molar-refractivity contribution is 6.19. The van der Waals surface area contributed by atoms with Crippen LogP contribution < -0.4 is 0 Å². The van der Waals surface area contributed by atoms with E-state index in [1.165, 1.54) is 0 Å². The van der Waals surface area contributed by atoms with Crippen LogP contribution in [0.25, 0.3) is 0 Å². The highest BCUT2D eigenvalue weighted by atomic mass is 35.5. The van der Waals surface area contributed by atoms with Crippen LogP contribution >= 0.6 is 11.6 Å². The van der Waals surface area contributed by atoms with Gasteiger partial charge in [0.2, 0.25) is 0 Å². The highest BCUT2D eigenvalue weighted by Crippen LogP contribution is 2.09. The van der Waals surface area contributed by atoms with E-state index in [9.17, 15) is 0 Å². The number of aryl methyl sites for hydroxylation is 2. The molecule has 0 fully saturated rings. The molecular formula is C8H8ClNO. The van der Waals surface area contributed by atoms with Crippen LogP contribution in [-0.2, 0) is 0 Å². The molecule has 0 radical (unpaired) electrons. The molecule has 3 heteroatoms. The topological polar surface area (TPSA) is 26.0 Å². The Morgan fingerprint density at radius 1 is 1.55 bits per heavy atom. The zero-order valence-electron chi connectivity index (χ0n) is 6.44. The summed E-state index contributed by atoms with van der Waals surface area (Å²) in [5.74, 6) is 6.71. The van der Waals surface area contributed by atoms with Crippen molar-refractivity contribution in [2.75, 3.05) is 5.88 Å². The van der Waals surface area contributed by atoms with Gasteiger partial charge in [0.25, 0.3) is 0 Å². The molecule has 1 heterocycles. The van der Waals surface area contributed by atoms with Crippen molar-refractivity contribution in [3.63, 3.8) is 0 Å². The summed E-state index contributed by atoms with van der Waals surface area (Å²) < 4.78 is 4.90. The highest BCUT2D eigenvalue weighted by Gasteiger charge is 2.04. The third kappa shape index (κ3) is 1.75. The number of aromatic nitrogens is 1. The standard InChI is InChI=1S/C8H8ClNO/c1-6-8(4-3-5-9)7(2)11-10-6/h5H2,1-2H3. The van der Waals surface area contributed by atoms with Crippen LogP contribution in [0.3, 0.4) is 0 Å². The largest absolute Gasteiger partial charge is 0.360 e. The second-order valence-corrected chi connectivity index (χ2v) is 2.40. The molecule has 0 unspecified atom stereocenters. The molecule has 11 heavy (non-hydrogen) atoms. The Kier molecular flexibility index (Phi) is 2.56. The monoisotopic (exact) mass is 169 g/mol. The summed E-state index contributed by atoms with van der Waals surface area (Å²) in [7, 11) is 0. The molecule has 0 spiro atoms. The van der Waals surface area contributed by atoms with Crippen LogP contribution in [0, 0.1) is 25.7 Å². The molecule has 0 aromatic carbocycles. The summed E-state index contributed by atoms with van der Waals surface area (Å²) in [5, 5.41) is 3.75. The van der Waals surface area contributed by atoms with Gasteiger partial charge in [0.1, 0.15) is 5.76 Å². The molecule has 0 aliphatic carbocycles. The Morgan fingerprint density at radius 2 is 2.27 bits per heavy atom. The smallest absolute Gasteiger partial charge is 0.149 e. The first-order valence-corrected chi connectivity index (χ1v) is 3.77. The molecule has 1 aromatic heterocycles. The van der Waals surface area contributed by atoms with E-state index in [-0.39, 0.29) is 0 Å². The van der Waals surface area contributed by atoms with Gasteiger partial charge in [0, 0.05) is 0 Å². The number of hydrogen-bond donors (Lipinski definition) is 0. The average Bonchev–Trinajstić information content (AvgIpc) is 2.29. The van der Waals surface area contributed by atoms with E-state index in [0.29, 0.717) is 5.88 Å². The first-order chi connectivity index (χ1) is 5.25. The molecule has 0 aliphatic heterocycles. The quantitative estimate of drug-likeness (QED) is 0.438. The summed E-state index contributed by atoms with van der Waals surface area (Å²) in [5.41, 5.74) is 1.67. The van der Waals surface area contributed by atoms with Gasteiger partial charge < -0.3 is 4.52 Å². The van der Waals surface area contributed by atoms with Crippen LogP contribution in [0.1, 0.15) is 17.0 Å². The van der Waals surface area contributed by atoms with Crippen molar-refractivity contribution < 1.29 is 4.52 Å². The Balaban J connectivity index is 3.01. The first-order valence-electron chi connectivity index (χ1n) is 3.23. The van der Waals surface area contributed by atoms with Crippen molar-refractivity contribution in [3.8, 4) is 11.8 Å². The molecule has 0 aliphatic rings. The Morgan fingerprint density at radius 3 is 2.73 bits per heavy atom. The van der Waals surface area contributed by atoms with Crippen molar-refractivity contribution in [2.45, 2.75) is 13.8 Å². The number of alkyl halides is 1. The number of rotatable bonds is 0. The van der Waals surface area contributed by atoms with Crippen molar-refractivity contribution in [1.82, 2.24) is 5.16 Å². The van der Waals surface area contributed by atoms with Crippen LogP contribution in [-0.4, -0.2) is 11.0 Å². The first kappa shape index (κ1) is 8.16. The number of halogens is 1. The maximum absolute atomic E-state index is 5.40. The summed E-state index contributed by atoms with van der Waals surface area (Å²) in [6, 6.07) is 0. The lowest BCUT2D eigenvalue weighted by molar-refractivity contribution is 0.393. The summed E-state index contributed by atoms with van der Waals surface area (Å²) in [6.07, 6.45) is 0. The molecule has 0 saturated heterocycles. The van der Waals surface area contributed by atoms with E-state index in [1.807, 2.05) is 13.8 Å². The normalized spacial score (nSPS) is 9.00. The Bertz CT molecular complexity index is 286. The lowest BCUT2D eigenvalue weighted by Crippen LogP contribution is -1.78. The molecular weight excluding hydrogens is 162 g/mol. The minimum absolute atomic E-state index is 0.337. The van der Waals surface area contributed by atoms with E-state index in [0.717, 1.165) is 17.0 Å². The van der Waals surface area contributed by atoms with Gasteiger partial charge in [-0.05, 0) is 13.8 Å². The summed E-state index contributed by atoms with van der Waals surface area (Å²) in [4.78, 5) is 0. The maximum atomic E-state index is 5.40. The van der Waals surface area contributed by atoms with Crippen LogP contribution in [0.2, 0.25) is 0 Å². The minimum Gasteiger partial charge on any atom is -0.360 e. The summed E-state index contributed by atoms with van der Waals surface area (Å²) in [6.45, 7) is 3.69. The van der Waals surface area contributed by atoms with Gasteiger partial charge in [-0.3, -0.25) is 0 Å². The van der Waals surface area contributed by atoms with Gasteiger partial charge >= 0.3 is 0 Å². The molecule has 0 amide bonds. The lowest BCUT2D eigenvalue weighted by atomic mass is 10.2. The molecule has 0 bridgehead atoms. The maximum Gasteiger partial charge on any atom is 0.149 e. The molecule has 0 atom stereocenters. The van der Waals surface area contributed by atoms with Gasteiger partial charge in [-0.2, -0.15) is 0 Å². The van der Waals surface area contributed by atoms with E-state index < -0.39 is 0 Å².